The Labute approximate surface area is 151 Å². The molecule has 0 spiro atoms. The maximum Gasteiger partial charge on any atom is 0.410 e. The minimum absolute atomic E-state index is 0.194. The number of rotatable bonds is 6. The second-order valence-electron chi connectivity index (χ2n) is 7.76. The first-order valence-corrected chi connectivity index (χ1v) is 9.10. The molecule has 2 unspecified atom stereocenters. The predicted molar refractivity (Wildman–Crippen MR) is 100 cm³/mol. The van der Waals surface area contributed by atoms with Gasteiger partial charge in [-0.25, -0.2) is 4.79 Å². The summed E-state index contributed by atoms with van der Waals surface area (Å²) in [5.74, 6) is 1.36. The van der Waals surface area contributed by atoms with Gasteiger partial charge in [0.2, 0.25) is 0 Å². The van der Waals surface area contributed by atoms with Crippen LogP contribution in [0.4, 0.5) is 4.79 Å². The summed E-state index contributed by atoms with van der Waals surface area (Å²) < 4.78 is 10.7. The molecule has 1 N–H and O–H groups in total. The third-order valence-corrected chi connectivity index (χ3v) is 4.72. The van der Waals surface area contributed by atoms with Crippen molar-refractivity contribution in [3.63, 3.8) is 0 Å². The monoisotopic (exact) mass is 348 g/mol. The summed E-state index contributed by atoms with van der Waals surface area (Å²) in [6.07, 6.45) is 2.89. The van der Waals surface area contributed by atoms with Gasteiger partial charge < -0.3 is 19.7 Å². The van der Waals surface area contributed by atoms with Gasteiger partial charge in [-0.3, -0.25) is 0 Å². The molecule has 1 fully saturated rings. The summed E-state index contributed by atoms with van der Waals surface area (Å²) in [5, 5.41) is 3.44. The first kappa shape index (κ1) is 19.6. The molecule has 1 aromatic rings. The standard InChI is InChI=1S/C20H32N2O3/c1-20(2,3)25-19(23)22-13-12-16(14-22)18(21-4)11-8-15-6-9-17(24-5)10-7-15/h6-7,9-10,16,18,21H,8,11-14H2,1-5H3. The highest BCUT2D eigenvalue weighted by atomic mass is 16.6. The van der Waals surface area contributed by atoms with Crippen LogP contribution in [0.3, 0.4) is 0 Å². The second-order valence-corrected chi connectivity index (χ2v) is 7.76. The number of likely N-dealkylation sites (tertiary alicyclic amines) is 1. The fraction of sp³-hybridized carbons (Fsp3) is 0.650. The lowest BCUT2D eigenvalue weighted by molar-refractivity contribution is 0.0285. The zero-order chi connectivity index (χ0) is 18.4. The molecule has 0 bridgehead atoms. The Hall–Kier alpha value is -1.75. The van der Waals surface area contributed by atoms with Gasteiger partial charge >= 0.3 is 6.09 Å². The number of hydrogen-bond acceptors (Lipinski definition) is 4. The Morgan fingerprint density at radius 3 is 2.56 bits per heavy atom. The molecule has 1 heterocycles. The van der Waals surface area contributed by atoms with E-state index in [0.717, 1.165) is 38.1 Å². The largest absolute Gasteiger partial charge is 0.497 e. The molecule has 1 aliphatic heterocycles. The molecule has 140 valence electrons. The van der Waals surface area contributed by atoms with Gasteiger partial charge in [-0.1, -0.05) is 12.1 Å². The van der Waals surface area contributed by atoms with E-state index in [4.69, 9.17) is 9.47 Å². The summed E-state index contributed by atoms with van der Waals surface area (Å²) in [4.78, 5) is 14.1. The van der Waals surface area contributed by atoms with Gasteiger partial charge in [-0.05, 0) is 70.7 Å². The van der Waals surface area contributed by atoms with Gasteiger partial charge in [0.25, 0.3) is 0 Å². The molecule has 0 aliphatic carbocycles. The molecule has 0 saturated carbocycles. The predicted octanol–water partition coefficient (Wildman–Crippen LogP) is 3.47. The molecule has 1 aromatic carbocycles. The average molecular weight is 348 g/mol. The van der Waals surface area contributed by atoms with Crippen LogP contribution in [-0.2, 0) is 11.2 Å². The topological polar surface area (TPSA) is 50.8 Å². The molecule has 5 nitrogen and oxygen atoms in total. The number of hydrogen-bond donors (Lipinski definition) is 1. The van der Waals surface area contributed by atoms with E-state index in [1.54, 1.807) is 7.11 Å². The van der Waals surface area contributed by atoms with Crippen LogP contribution in [0, 0.1) is 5.92 Å². The van der Waals surface area contributed by atoms with Crippen molar-refractivity contribution in [2.75, 3.05) is 27.2 Å². The van der Waals surface area contributed by atoms with E-state index < -0.39 is 5.60 Å². The summed E-state index contributed by atoms with van der Waals surface area (Å²) in [7, 11) is 3.69. The lowest BCUT2D eigenvalue weighted by Crippen LogP contribution is -2.39. The Kier molecular flexibility index (Phi) is 6.71. The molecular formula is C20H32N2O3. The van der Waals surface area contributed by atoms with Crippen LogP contribution in [0.15, 0.2) is 24.3 Å². The molecule has 2 rings (SSSR count). The minimum atomic E-state index is -0.439. The first-order chi connectivity index (χ1) is 11.8. The van der Waals surface area contributed by atoms with Gasteiger partial charge in [0.05, 0.1) is 7.11 Å². The van der Waals surface area contributed by atoms with E-state index in [1.165, 1.54) is 5.56 Å². The van der Waals surface area contributed by atoms with Crippen molar-refractivity contribution in [3.8, 4) is 5.75 Å². The summed E-state index contributed by atoms with van der Waals surface area (Å²) >= 11 is 0. The van der Waals surface area contributed by atoms with Crippen molar-refractivity contribution >= 4 is 6.09 Å². The molecule has 1 amide bonds. The molecule has 5 heteroatoms. The lowest BCUT2D eigenvalue weighted by Gasteiger charge is -2.26. The highest BCUT2D eigenvalue weighted by Crippen LogP contribution is 2.24. The number of aryl methyl sites for hydroxylation is 1. The maximum atomic E-state index is 12.2. The van der Waals surface area contributed by atoms with Crippen molar-refractivity contribution in [2.24, 2.45) is 5.92 Å². The average Bonchev–Trinajstić information content (AvgIpc) is 3.04. The van der Waals surface area contributed by atoms with Crippen LogP contribution in [0.1, 0.15) is 39.2 Å². The minimum Gasteiger partial charge on any atom is -0.497 e. The molecule has 25 heavy (non-hydrogen) atoms. The zero-order valence-electron chi connectivity index (χ0n) is 16.2. The van der Waals surface area contributed by atoms with E-state index >= 15 is 0 Å². The van der Waals surface area contributed by atoms with E-state index in [1.807, 2.05) is 44.9 Å². The van der Waals surface area contributed by atoms with Crippen molar-refractivity contribution in [2.45, 2.75) is 51.7 Å². The molecule has 2 atom stereocenters. The molecular weight excluding hydrogens is 316 g/mol. The fourth-order valence-corrected chi connectivity index (χ4v) is 3.34. The van der Waals surface area contributed by atoms with E-state index in [-0.39, 0.29) is 6.09 Å². The highest BCUT2D eigenvalue weighted by molar-refractivity contribution is 5.68. The van der Waals surface area contributed by atoms with E-state index in [0.29, 0.717) is 12.0 Å². The number of methoxy groups -OCH3 is 1. The fourth-order valence-electron chi connectivity index (χ4n) is 3.34. The third-order valence-electron chi connectivity index (χ3n) is 4.72. The number of amides is 1. The second kappa shape index (κ2) is 8.56. The summed E-state index contributed by atoms with van der Waals surface area (Å²) in [5.41, 5.74) is 0.870. The van der Waals surface area contributed by atoms with Gasteiger partial charge in [0, 0.05) is 19.1 Å². The number of carbonyl (C=O) groups is 1. The normalized spacial score (nSPS) is 18.9. The van der Waals surface area contributed by atoms with Crippen LogP contribution in [0.5, 0.6) is 5.75 Å². The Morgan fingerprint density at radius 1 is 1.32 bits per heavy atom. The van der Waals surface area contributed by atoms with Gasteiger partial charge in [0.15, 0.2) is 0 Å². The van der Waals surface area contributed by atoms with Crippen molar-refractivity contribution < 1.29 is 14.3 Å². The van der Waals surface area contributed by atoms with Crippen LogP contribution < -0.4 is 10.1 Å². The Balaban J connectivity index is 1.85. The van der Waals surface area contributed by atoms with Crippen molar-refractivity contribution in [3.05, 3.63) is 29.8 Å². The zero-order valence-corrected chi connectivity index (χ0v) is 16.2. The van der Waals surface area contributed by atoms with Crippen LogP contribution in [-0.4, -0.2) is 49.9 Å². The third kappa shape index (κ3) is 5.92. The lowest BCUT2D eigenvalue weighted by atomic mass is 9.93. The quantitative estimate of drug-likeness (QED) is 0.855. The van der Waals surface area contributed by atoms with Crippen LogP contribution in [0.2, 0.25) is 0 Å². The number of nitrogens with one attached hydrogen (secondary N) is 1. The molecule has 0 aromatic heterocycles. The van der Waals surface area contributed by atoms with Crippen LogP contribution in [0.25, 0.3) is 0 Å². The van der Waals surface area contributed by atoms with Gasteiger partial charge in [-0.2, -0.15) is 0 Å². The molecule has 1 saturated heterocycles. The number of benzene rings is 1. The van der Waals surface area contributed by atoms with E-state index in [2.05, 4.69) is 17.4 Å². The number of carbonyl (C=O) groups excluding carboxylic acids is 1. The first-order valence-electron chi connectivity index (χ1n) is 9.10. The van der Waals surface area contributed by atoms with Crippen LogP contribution >= 0.6 is 0 Å². The SMILES string of the molecule is CNC(CCc1ccc(OC)cc1)C1CCN(C(=O)OC(C)(C)C)C1. The number of nitrogens with zero attached hydrogens (tertiary/aromatic N) is 1. The van der Waals surface area contributed by atoms with Crippen molar-refractivity contribution in [1.29, 1.82) is 0 Å². The van der Waals surface area contributed by atoms with Crippen molar-refractivity contribution in [1.82, 2.24) is 10.2 Å². The Bertz CT molecular complexity index is 551. The Morgan fingerprint density at radius 2 is 2.00 bits per heavy atom. The maximum absolute atomic E-state index is 12.2. The van der Waals surface area contributed by atoms with E-state index in [9.17, 15) is 4.79 Å². The summed E-state index contributed by atoms with van der Waals surface area (Å²) in [6, 6.07) is 8.64. The van der Waals surface area contributed by atoms with Gasteiger partial charge in [0.1, 0.15) is 11.4 Å². The van der Waals surface area contributed by atoms with Gasteiger partial charge in [-0.15, -0.1) is 0 Å². The molecule has 0 radical (unpaired) electrons. The molecule has 1 aliphatic rings. The number of ether oxygens (including phenoxy) is 2. The smallest absolute Gasteiger partial charge is 0.410 e. The highest BCUT2D eigenvalue weighted by Gasteiger charge is 2.33. The summed E-state index contributed by atoms with van der Waals surface area (Å²) in [6.45, 7) is 7.26.